The Morgan fingerprint density at radius 1 is 1.29 bits per heavy atom. The molecule has 2 aromatic carbocycles. The molecule has 2 amide bonds. The van der Waals surface area contributed by atoms with Gasteiger partial charge in [-0.3, -0.25) is 9.59 Å². The molecule has 0 unspecified atom stereocenters. The van der Waals surface area contributed by atoms with Gasteiger partial charge in [-0.1, -0.05) is 30.3 Å². The second-order valence-electron chi connectivity index (χ2n) is 7.63. The van der Waals surface area contributed by atoms with E-state index in [9.17, 15) is 9.59 Å². The summed E-state index contributed by atoms with van der Waals surface area (Å²) in [5.74, 6) is 0.741. The second kappa shape index (κ2) is 8.61. The molecule has 2 atom stereocenters. The third-order valence-corrected chi connectivity index (χ3v) is 5.47. The number of hydrogen-bond donors (Lipinski definition) is 3. The summed E-state index contributed by atoms with van der Waals surface area (Å²) in [6.45, 7) is 1.67. The Labute approximate surface area is 165 Å². The van der Waals surface area contributed by atoms with E-state index in [0.717, 1.165) is 22.1 Å². The zero-order chi connectivity index (χ0) is 20.1. The molecule has 28 heavy (non-hydrogen) atoms. The molecule has 0 spiro atoms. The molecule has 0 bridgehead atoms. The molecule has 3 N–H and O–H groups in total. The summed E-state index contributed by atoms with van der Waals surface area (Å²) in [5, 5.41) is 17.1. The van der Waals surface area contributed by atoms with Gasteiger partial charge in [0.05, 0.1) is 13.7 Å². The van der Waals surface area contributed by atoms with Crippen molar-refractivity contribution in [2.45, 2.75) is 50.6 Å². The molecule has 150 valence electrons. The molecule has 0 radical (unpaired) electrons. The molecule has 0 saturated carbocycles. The molecular formula is C22H28N2O4. The van der Waals surface area contributed by atoms with Gasteiger partial charge >= 0.3 is 0 Å². The van der Waals surface area contributed by atoms with Crippen LogP contribution in [-0.4, -0.2) is 42.2 Å². The Bertz CT molecular complexity index is 867. The minimum Gasteiger partial charge on any atom is -0.496 e. The molecular weight excluding hydrogens is 356 g/mol. The predicted molar refractivity (Wildman–Crippen MR) is 108 cm³/mol. The number of benzene rings is 2. The first-order valence-corrected chi connectivity index (χ1v) is 9.72. The van der Waals surface area contributed by atoms with E-state index in [1.165, 1.54) is 0 Å². The molecule has 6 heteroatoms. The molecule has 1 aliphatic heterocycles. The number of carbonyl (C=O) groups is 2. The van der Waals surface area contributed by atoms with E-state index in [4.69, 9.17) is 9.84 Å². The van der Waals surface area contributed by atoms with Crippen molar-refractivity contribution in [1.82, 2.24) is 10.6 Å². The first kappa shape index (κ1) is 20.1. The molecule has 0 aromatic heterocycles. The SMILES string of the molecule is COc1ccc(C[C@]2(CCC(=O)N[C@@H](C)CO)CCC(=O)N2)c2ccccc12. The van der Waals surface area contributed by atoms with Gasteiger partial charge in [0.15, 0.2) is 0 Å². The maximum atomic E-state index is 12.2. The van der Waals surface area contributed by atoms with Crippen LogP contribution in [-0.2, 0) is 16.0 Å². The van der Waals surface area contributed by atoms with Crippen molar-refractivity contribution in [2.24, 2.45) is 0 Å². The van der Waals surface area contributed by atoms with Gasteiger partial charge in [-0.2, -0.15) is 0 Å². The number of carbonyl (C=O) groups excluding carboxylic acids is 2. The third kappa shape index (κ3) is 4.44. The molecule has 3 rings (SSSR count). The minimum atomic E-state index is -0.436. The monoisotopic (exact) mass is 384 g/mol. The Kier molecular flexibility index (Phi) is 6.19. The Morgan fingerprint density at radius 3 is 2.68 bits per heavy atom. The summed E-state index contributed by atoms with van der Waals surface area (Å²) in [6.07, 6.45) is 2.70. The third-order valence-electron chi connectivity index (χ3n) is 5.47. The van der Waals surface area contributed by atoms with Crippen LogP contribution < -0.4 is 15.4 Å². The first-order valence-electron chi connectivity index (χ1n) is 9.72. The van der Waals surface area contributed by atoms with Crippen LogP contribution in [0.1, 0.15) is 38.2 Å². The van der Waals surface area contributed by atoms with Crippen molar-refractivity contribution in [1.29, 1.82) is 0 Å². The number of hydrogen-bond acceptors (Lipinski definition) is 4. The smallest absolute Gasteiger partial charge is 0.220 e. The highest BCUT2D eigenvalue weighted by atomic mass is 16.5. The highest BCUT2D eigenvalue weighted by Gasteiger charge is 2.38. The van der Waals surface area contributed by atoms with Crippen molar-refractivity contribution in [3.63, 3.8) is 0 Å². The largest absolute Gasteiger partial charge is 0.496 e. The lowest BCUT2D eigenvalue weighted by atomic mass is 9.83. The van der Waals surface area contributed by atoms with E-state index in [1.54, 1.807) is 14.0 Å². The Balaban J connectivity index is 1.83. The van der Waals surface area contributed by atoms with Gasteiger partial charge in [-0.15, -0.1) is 0 Å². The lowest BCUT2D eigenvalue weighted by Gasteiger charge is -2.30. The fourth-order valence-corrected chi connectivity index (χ4v) is 3.96. The Morgan fingerprint density at radius 2 is 2.04 bits per heavy atom. The van der Waals surface area contributed by atoms with Gasteiger partial charge in [0.25, 0.3) is 0 Å². The summed E-state index contributed by atoms with van der Waals surface area (Å²) < 4.78 is 5.48. The summed E-state index contributed by atoms with van der Waals surface area (Å²) in [4.78, 5) is 24.2. The van der Waals surface area contributed by atoms with Gasteiger partial charge in [0.1, 0.15) is 5.75 Å². The van der Waals surface area contributed by atoms with Gasteiger partial charge in [0.2, 0.25) is 11.8 Å². The summed E-state index contributed by atoms with van der Waals surface area (Å²) in [6, 6.07) is 11.8. The molecule has 1 aliphatic rings. The number of rotatable bonds is 8. The highest BCUT2D eigenvalue weighted by Crippen LogP contribution is 2.34. The number of aliphatic hydroxyl groups excluding tert-OH is 1. The Hall–Kier alpha value is -2.60. The van der Waals surface area contributed by atoms with Gasteiger partial charge in [-0.05, 0) is 43.2 Å². The van der Waals surface area contributed by atoms with E-state index < -0.39 is 5.54 Å². The van der Waals surface area contributed by atoms with Crippen molar-refractivity contribution in [3.05, 3.63) is 42.0 Å². The molecule has 1 saturated heterocycles. The normalized spacial score (nSPS) is 20.0. The maximum absolute atomic E-state index is 12.2. The van der Waals surface area contributed by atoms with Crippen LogP contribution in [0.3, 0.4) is 0 Å². The zero-order valence-corrected chi connectivity index (χ0v) is 16.5. The summed E-state index contributed by atoms with van der Waals surface area (Å²) in [7, 11) is 1.66. The fraction of sp³-hybridized carbons (Fsp3) is 0.455. The fourth-order valence-electron chi connectivity index (χ4n) is 3.96. The topological polar surface area (TPSA) is 87.7 Å². The standard InChI is InChI=1S/C22H28N2O4/c1-15(14-25)23-20(26)9-11-22(12-10-21(27)24-22)13-16-7-8-19(28-2)18-6-4-3-5-17(16)18/h3-8,15,25H,9-14H2,1-2H3,(H,23,26)(H,24,27)/t15-,22-/m0/s1. The van der Waals surface area contributed by atoms with E-state index in [2.05, 4.69) is 16.7 Å². The number of fused-ring (bicyclic) bond motifs is 1. The number of nitrogens with one attached hydrogen (secondary N) is 2. The highest BCUT2D eigenvalue weighted by molar-refractivity contribution is 5.91. The van der Waals surface area contributed by atoms with Gasteiger partial charge in [0, 0.05) is 29.8 Å². The predicted octanol–water partition coefficient (Wildman–Crippen LogP) is 2.32. The van der Waals surface area contributed by atoms with Crippen molar-refractivity contribution in [3.8, 4) is 5.75 Å². The lowest BCUT2D eigenvalue weighted by molar-refractivity contribution is -0.123. The number of methoxy groups -OCH3 is 1. The quantitative estimate of drug-likeness (QED) is 0.652. The lowest BCUT2D eigenvalue weighted by Crippen LogP contribution is -2.45. The molecule has 2 aromatic rings. The van der Waals surface area contributed by atoms with Crippen LogP contribution in [0.15, 0.2) is 36.4 Å². The van der Waals surface area contributed by atoms with Crippen LogP contribution in [0.25, 0.3) is 10.8 Å². The first-order chi connectivity index (χ1) is 13.5. The van der Waals surface area contributed by atoms with Crippen molar-refractivity contribution >= 4 is 22.6 Å². The zero-order valence-electron chi connectivity index (χ0n) is 16.5. The molecule has 1 heterocycles. The van der Waals surface area contributed by atoms with Crippen LogP contribution in [0.4, 0.5) is 0 Å². The van der Waals surface area contributed by atoms with Crippen molar-refractivity contribution in [2.75, 3.05) is 13.7 Å². The molecule has 0 aliphatic carbocycles. The van der Waals surface area contributed by atoms with Crippen LogP contribution in [0.2, 0.25) is 0 Å². The molecule has 1 fully saturated rings. The van der Waals surface area contributed by atoms with Crippen LogP contribution >= 0.6 is 0 Å². The van der Waals surface area contributed by atoms with E-state index >= 15 is 0 Å². The van der Waals surface area contributed by atoms with E-state index in [-0.39, 0.29) is 24.5 Å². The van der Waals surface area contributed by atoms with Crippen LogP contribution in [0.5, 0.6) is 5.75 Å². The number of ether oxygens (including phenoxy) is 1. The molecule has 6 nitrogen and oxygen atoms in total. The van der Waals surface area contributed by atoms with Crippen LogP contribution in [0, 0.1) is 0 Å². The van der Waals surface area contributed by atoms with E-state index in [1.807, 2.05) is 30.3 Å². The summed E-state index contributed by atoms with van der Waals surface area (Å²) in [5.41, 5.74) is 0.691. The van der Waals surface area contributed by atoms with E-state index in [0.29, 0.717) is 32.1 Å². The number of aliphatic hydroxyl groups is 1. The summed E-state index contributed by atoms with van der Waals surface area (Å²) >= 11 is 0. The average Bonchev–Trinajstić information content (AvgIpc) is 3.07. The van der Waals surface area contributed by atoms with Gasteiger partial charge in [-0.25, -0.2) is 0 Å². The number of amides is 2. The second-order valence-corrected chi connectivity index (χ2v) is 7.63. The van der Waals surface area contributed by atoms with Gasteiger partial charge < -0.3 is 20.5 Å². The average molecular weight is 384 g/mol. The van der Waals surface area contributed by atoms with Crippen molar-refractivity contribution < 1.29 is 19.4 Å². The maximum Gasteiger partial charge on any atom is 0.220 e. The minimum absolute atomic E-state index is 0.0296.